The average Bonchev–Trinajstić information content (AvgIpc) is 2.45. The summed E-state index contributed by atoms with van der Waals surface area (Å²) in [6.45, 7) is 1.45. The fraction of sp³-hybridized carbons (Fsp3) is 1.00. The Kier molecular flexibility index (Phi) is 1.47. The number of aliphatic hydroxyl groups excluding tert-OH is 1. The van der Waals surface area contributed by atoms with Gasteiger partial charge in [-0.05, 0) is 12.8 Å². The van der Waals surface area contributed by atoms with E-state index in [9.17, 15) is 13.2 Å². The maximum absolute atomic E-state index is 11.7. The summed E-state index contributed by atoms with van der Waals surface area (Å²) in [5.74, 6) is 0. The Bertz CT molecular complexity index is 131. The van der Waals surface area contributed by atoms with Crippen molar-refractivity contribution in [2.24, 2.45) is 5.41 Å². The number of hydrogen-bond acceptors (Lipinski definition) is 1. The van der Waals surface area contributed by atoms with Crippen molar-refractivity contribution in [3.8, 4) is 0 Å². The molecule has 4 heteroatoms. The molecule has 1 N–H and O–H groups in total. The van der Waals surface area contributed by atoms with Crippen LogP contribution in [0.25, 0.3) is 0 Å². The lowest BCUT2D eigenvalue weighted by atomic mass is 10.0. The Balaban J connectivity index is 2.57. The average molecular weight is 154 g/mol. The van der Waals surface area contributed by atoms with Gasteiger partial charge in [-0.1, -0.05) is 6.92 Å². The highest BCUT2D eigenvalue weighted by molar-refractivity contribution is 4.97. The van der Waals surface area contributed by atoms with Gasteiger partial charge in [-0.25, -0.2) is 0 Å². The number of rotatable bonds is 1. The molecule has 10 heavy (non-hydrogen) atoms. The molecule has 0 aliphatic heterocycles. The van der Waals surface area contributed by atoms with Crippen LogP contribution in [0, 0.1) is 5.41 Å². The summed E-state index contributed by atoms with van der Waals surface area (Å²) in [5.41, 5.74) is -0.877. The molecule has 1 aliphatic rings. The molecule has 0 unspecified atom stereocenters. The number of alkyl halides is 3. The molecule has 0 heterocycles. The molecule has 0 bridgehead atoms. The van der Waals surface area contributed by atoms with Crippen LogP contribution < -0.4 is 0 Å². The first-order valence-electron chi connectivity index (χ1n) is 3.11. The second-order valence-electron chi connectivity index (χ2n) is 3.10. The summed E-state index contributed by atoms with van der Waals surface area (Å²) in [4.78, 5) is 0. The van der Waals surface area contributed by atoms with Crippen LogP contribution >= 0.6 is 0 Å². The highest BCUT2D eigenvalue weighted by Crippen LogP contribution is 2.52. The fourth-order valence-electron chi connectivity index (χ4n) is 0.866. The van der Waals surface area contributed by atoms with E-state index in [2.05, 4.69) is 0 Å². The predicted molar refractivity (Wildman–Crippen MR) is 29.4 cm³/mol. The van der Waals surface area contributed by atoms with E-state index in [-0.39, 0.29) is 0 Å². The van der Waals surface area contributed by atoms with E-state index in [1.54, 1.807) is 0 Å². The summed E-state index contributed by atoms with van der Waals surface area (Å²) in [7, 11) is 0. The van der Waals surface area contributed by atoms with Crippen LogP contribution in [-0.4, -0.2) is 17.4 Å². The van der Waals surface area contributed by atoms with Crippen molar-refractivity contribution in [3.63, 3.8) is 0 Å². The van der Waals surface area contributed by atoms with Gasteiger partial charge in [0.05, 0.1) is 0 Å². The molecule has 0 aromatic heterocycles. The van der Waals surface area contributed by atoms with Gasteiger partial charge in [0.15, 0.2) is 6.10 Å². The van der Waals surface area contributed by atoms with E-state index >= 15 is 0 Å². The van der Waals surface area contributed by atoms with Gasteiger partial charge < -0.3 is 5.11 Å². The van der Waals surface area contributed by atoms with E-state index in [4.69, 9.17) is 5.11 Å². The fourth-order valence-corrected chi connectivity index (χ4v) is 0.866. The van der Waals surface area contributed by atoms with Crippen molar-refractivity contribution >= 4 is 0 Å². The first-order valence-corrected chi connectivity index (χ1v) is 3.11. The van der Waals surface area contributed by atoms with Crippen LogP contribution in [0.3, 0.4) is 0 Å². The summed E-state index contributed by atoms with van der Waals surface area (Å²) in [5, 5.41) is 8.66. The Labute approximate surface area is 56.8 Å². The second-order valence-corrected chi connectivity index (χ2v) is 3.10. The van der Waals surface area contributed by atoms with Gasteiger partial charge in [-0.15, -0.1) is 0 Å². The van der Waals surface area contributed by atoms with Crippen LogP contribution in [0.1, 0.15) is 19.8 Å². The third-order valence-corrected chi connectivity index (χ3v) is 2.01. The predicted octanol–water partition coefficient (Wildman–Crippen LogP) is 1.71. The first-order chi connectivity index (χ1) is 4.36. The lowest BCUT2D eigenvalue weighted by Crippen LogP contribution is -2.35. The van der Waals surface area contributed by atoms with E-state index < -0.39 is 17.7 Å². The zero-order valence-corrected chi connectivity index (χ0v) is 5.57. The molecule has 0 spiro atoms. The largest absolute Gasteiger partial charge is 0.414 e. The van der Waals surface area contributed by atoms with Gasteiger partial charge >= 0.3 is 6.18 Å². The first kappa shape index (κ1) is 7.85. The molecule has 0 saturated heterocycles. The molecular formula is C6H9F3O. The normalized spacial score (nSPS) is 26.1. The van der Waals surface area contributed by atoms with Gasteiger partial charge in [-0.2, -0.15) is 13.2 Å². The molecule has 0 aromatic rings. The van der Waals surface area contributed by atoms with Crippen molar-refractivity contribution in [2.45, 2.75) is 32.0 Å². The molecule has 1 nitrogen and oxygen atoms in total. The molecule has 0 radical (unpaired) electrons. The molecule has 0 aromatic carbocycles. The van der Waals surface area contributed by atoms with Crippen molar-refractivity contribution in [3.05, 3.63) is 0 Å². The molecule has 0 amide bonds. The van der Waals surface area contributed by atoms with Crippen LogP contribution in [0.15, 0.2) is 0 Å². The minimum atomic E-state index is -4.44. The molecular weight excluding hydrogens is 145 g/mol. The quantitative estimate of drug-likeness (QED) is 0.609. The summed E-state index contributed by atoms with van der Waals surface area (Å²) in [6, 6.07) is 0. The van der Waals surface area contributed by atoms with E-state index in [0.717, 1.165) is 0 Å². The molecule has 1 saturated carbocycles. The monoisotopic (exact) mass is 154 g/mol. The molecule has 1 atom stereocenters. The number of halogens is 3. The van der Waals surface area contributed by atoms with Crippen LogP contribution in [0.5, 0.6) is 0 Å². The summed E-state index contributed by atoms with van der Waals surface area (Å²) < 4.78 is 35.2. The van der Waals surface area contributed by atoms with Crippen LogP contribution in [0.4, 0.5) is 13.2 Å². The molecule has 1 fully saturated rings. The highest BCUT2D eigenvalue weighted by Gasteiger charge is 2.56. The maximum atomic E-state index is 11.7. The molecule has 1 rings (SSSR count). The SMILES string of the molecule is CC1([C@@H](O)C(F)(F)F)CC1. The van der Waals surface area contributed by atoms with Crippen molar-refractivity contribution in [1.29, 1.82) is 0 Å². The smallest absolute Gasteiger partial charge is 0.383 e. The van der Waals surface area contributed by atoms with Gasteiger partial charge in [0, 0.05) is 5.41 Å². The minimum Gasteiger partial charge on any atom is -0.383 e. The van der Waals surface area contributed by atoms with Crippen molar-refractivity contribution in [1.82, 2.24) is 0 Å². The summed E-state index contributed by atoms with van der Waals surface area (Å²) in [6.07, 6.45) is -5.60. The van der Waals surface area contributed by atoms with Gasteiger partial charge in [0.2, 0.25) is 0 Å². The minimum absolute atomic E-state index is 0.480. The Morgan fingerprint density at radius 2 is 1.80 bits per heavy atom. The van der Waals surface area contributed by atoms with E-state index in [1.165, 1.54) is 6.92 Å². The lowest BCUT2D eigenvalue weighted by molar-refractivity contribution is -0.222. The van der Waals surface area contributed by atoms with E-state index in [1.807, 2.05) is 0 Å². The van der Waals surface area contributed by atoms with Crippen molar-refractivity contribution in [2.75, 3.05) is 0 Å². The molecule has 1 aliphatic carbocycles. The zero-order valence-electron chi connectivity index (χ0n) is 5.57. The van der Waals surface area contributed by atoms with Crippen LogP contribution in [-0.2, 0) is 0 Å². The molecule has 60 valence electrons. The van der Waals surface area contributed by atoms with Gasteiger partial charge in [0.1, 0.15) is 0 Å². The van der Waals surface area contributed by atoms with Gasteiger partial charge in [-0.3, -0.25) is 0 Å². The van der Waals surface area contributed by atoms with E-state index in [0.29, 0.717) is 12.8 Å². The zero-order chi connectivity index (χ0) is 7.99. The lowest BCUT2D eigenvalue weighted by Gasteiger charge is -2.19. The number of hydrogen-bond donors (Lipinski definition) is 1. The third kappa shape index (κ3) is 1.26. The topological polar surface area (TPSA) is 20.2 Å². The number of aliphatic hydroxyl groups is 1. The Morgan fingerprint density at radius 1 is 1.40 bits per heavy atom. The Hall–Kier alpha value is -0.250. The third-order valence-electron chi connectivity index (χ3n) is 2.01. The second kappa shape index (κ2) is 1.87. The van der Waals surface area contributed by atoms with Crippen LogP contribution in [0.2, 0.25) is 0 Å². The standard InChI is InChI=1S/C6H9F3O/c1-5(2-3-5)4(10)6(7,8)9/h4,10H,2-3H2,1H3/t4-/m1/s1. The summed E-state index contributed by atoms with van der Waals surface area (Å²) >= 11 is 0. The maximum Gasteiger partial charge on any atom is 0.414 e. The Morgan fingerprint density at radius 3 is 1.90 bits per heavy atom. The van der Waals surface area contributed by atoms with Crippen molar-refractivity contribution < 1.29 is 18.3 Å². The van der Waals surface area contributed by atoms with Gasteiger partial charge in [0.25, 0.3) is 0 Å². The highest BCUT2D eigenvalue weighted by atomic mass is 19.4.